The number of quaternary nitrogens is 1. The zero-order chi connectivity index (χ0) is 21.5. The molecule has 1 fully saturated rings. The van der Waals surface area contributed by atoms with Gasteiger partial charge in [0.2, 0.25) is 0 Å². The minimum Gasteiger partial charge on any atom is -0.426 e. The van der Waals surface area contributed by atoms with Crippen LogP contribution < -0.4 is 19.9 Å². The number of esters is 1. The molecule has 3 rings (SSSR count). The molecular weight excluding hydrogens is 382 g/mol. The smallest absolute Gasteiger partial charge is 0.308 e. The van der Waals surface area contributed by atoms with E-state index in [1.54, 1.807) is 24.3 Å². The fraction of sp³-hybridized carbons (Fsp3) is 0.391. The number of para-hydroxylation sites is 1. The number of nitrogens with one attached hydrogen (secondary N) is 2. The van der Waals surface area contributed by atoms with E-state index in [9.17, 15) is 9.59 Å². The molecule has 30 heavy (non-hydrogen) atoms. The van der Waals surface area contributed by atoms with Crippen molar-refractivity contribution in [1.29, 1.82) is 0 Å². The van der Waals surface area contributed by atoms with Gasteiger partial charge in [-0.15, -0.1) is 0 Å². The lowest BCUT2D eigenvalue weighted by molar-refractivity contribution is -0.937. The Morgan fingerprint density at radius 1 is 1.10 bits per heavy atom. The van der Waals surface area contributed by atoms with E-state index in [1.165, 1.54) is 17.4 Å². The van der Waals surface area contributed by atoms with Gasteiger partial charge in [-0.25, -0.2) is 0 Å². The largest absolute Gasteiger partial charge is 0.426 e. The summed E-state index contributed by atoms with van der Waals surface area (Å²) in [5, 5.41) is 3.04. The molecule has 1 saturated heterocycles. The van der Waals surface area contributed by atoms with Crippen molar-refractivity contribution < 1.29 is 24.0 Å². The van der Waals surface area contributed by atoms with Crippen LogP contribution in [0.4, 0.5) is 5.69 Å². The molecule has 1 heterocycles. The Morgan fingerprint density at radius 2 is 1.77 bits per heavy atom. The normalized spacial score (nSPS) is 15.3. The zero-order valence-electron chi connectivity index (χ0n) is 17.8. The molecule has 1 aliphatic rings. The van der Waals surface area contributed by atoms with Crippen LogP contribution in [0.3, 0.4) is 0 Å². The zero-order valence-corrected chi connectivity index (χ0v) is 17.8. The Balaban J connectivity index is 1.77. The van der Waals surface area contributed by atoms with Crippen LogP contribution in [-0.2, 0) is 9.53 Å². The molecule has 0 spiro atoms. The maximum absolute atomic E-state index is 12.9. The number of amides is 1. The minimum atomic E-state index is -0.452. The second-order valence-electron chi connectivity index (χ2n) is 7.61. The highest BCUT2D eigenvalue weighted by atomic mass is 16.5. The van der Waals surface area contributed by atoms with Crippen LogP contribution >= 0.6 is 0 Å². The summed E-state index contributed by atoms with van der Waals surface area (Å²) in [5.41, 5.74) is 2.66. The molecule has 2 aromatic carbocycles. The molecule has 7 heteroatoms. The molecule has 1 aliphatic heterocycles. The van der Waals surface area contributed by atoms with E-state index >= 15 is 0 Å². The fourth-order valence-corrected chi connectivity index (χ4v) is 3.67. The molecule has 160 valence electrons. The van der Waals surface area contributed by atoms with E-state index < -0.39 is 5.97 Å². The van der Waals surface area contributed by atoms with Gasteiger partial charge in [-0.05, 0) is 24.3 Å². The number of carbonyl (C=O) groups is 2. The highest BCUT2D eigenvalue weighted by Crippen LogP contribution is 2.19. The van der Waals surface area contributed by atoms with Gasteiger partial charge in [0, 0.05) is 32.3 Å². The first-order chi connectivity index (χ1) is 14.5. The third-order valence-corrected chi connectivity index (χ3v) is 5.29. The van der Waals surface area contributed by atoms with E-state index in [2.05, 4.69) is 34.5 Å². The molecule has 1 atom stereocenters. The predicted octanol–water partition coefficient (Wildman–Crippen LogP) is 1.06. The van der Waals surface area contributed by atoms with Crippen molar-refractivity contribution in [2.75, 3.05) is 51.8 Å². The van der Waals surface area contributed by atoms with Crippen LogP contribution in [0.15, 0.2) is 48.5 Å². The minimum absolute atomic E-state index is 0.106. The summed E-state index contributed by atoms with van der Waals surface area (Å²) < 4.78 is 10.7. The lowest BCUT2D eigenvalue weighted by atomic mass is 10.0. The molecule has 2 aromatic rings. The van der Waals surface area contributed by atoms with Crippen molar-refractivity contribution in [3.05, 3.63) is 59.7 Å². The Hall–Kier alpha value is -2.90. The number of hydrogen-bond donors (Lipinski definition) is 2. The van der Waals surface area contributed by atoms with Gasteiger partial charge >= 0.3 is 5.97 Å². The number of rotatable bonds is 7. The Bertz CT molecular complexity index is 861. The molecule has 2 N–H and O–H groups in total. The van der Waals surface area contributed by atoms with Crippen molar-refractivity contribution >= 4 is 17.6 Å². The summed E-state index contributed by atoms with van der Waals surface area (Å²) in [7, 11) is 4.03. The van der Waals surface area contributed by atoms with Crippen molar-refractivity contribution in [1.82, 2.24) is 5.32 Å². The third-order valence-electron chi connectivity index (χ3n) is 5.29. The number of anilines is 1. The van der Waals surface area contributed by atoms with Gasteiger partial charge in [-0.1, -0.05) is 24.3 Å². The highest BCUT2D eigenvalue weighted by molar-refractivity contribution is 5.97. The first-order valence-corrected chi connectivity index (χ1v) is 10.2. The highest BCUT2D eigenvalue weighted by Gasteiger charge is 2.27. The monoisotopic (exact) mass is 412 g/mol. The van der Waals surface area contributed by atoms with Crippen LogP contribution in [-0.4, -0.2) is 58.8 Å². The molecule has 0 radical (unpaired) electrons. The number of morpholine rings is 1. The quantitative estimate of drug-likeness (QED) is 0.526. The third kappa shape index (κ3) is 5.58. The number of benzene rings is 2. The van der Waals surface area contributed by atoms with Gasteiger partial charge in [0.1, 0.15) is 24.9 Å². The first kappa shape index (κ1) is 21.8. The average molecular weight is 413 g/mol. The van der Waals surface area contributed by atoms with Crippen LogP contribution in [0.5, 0.6) is 5.75 Å². The number of nitrogens with zero attached hydrogens (tertiary/aromatic N) is 1. The lowest BCUT2D eigenvalue weighted by Gasteiger charge is -2.32. The SMILES string of the molecule is CC(=O)Oc1ccccc1C(=O)NC[C@H](c1ccc(N(C)C)cc1)[NH+]1CCOCC1. The summed E-state index contributed by atoms with van der Waals surface area (Å²) in [6.45, 7) is 5.00. The number of carbonyl (C=O) groups excluding carboxylic acids is 2. The van der Waals surface area contributed by atoms with Gasteiger partial charge in [-0.3, -0.25) is 9.59 Å². The van der Waals surface area contributed by atoms with Crippen molar-refractivity contribution in [2.45, 2.75) is 13.0 Å². The molecular formula is C23H30N3O4+. The second-order valence-corrected chi connectivity index (χ2v) is 7.61. The summed E-state index contributed by atoms with van der Waals surface area (Å²) in [5.74, 6) is -0.436. The van der Waals surface area contributed by atoms with Crippen LogP contribution in [0.1, 0.15) is 28.9 Å². The van der Waals surface area contributed by atoms with Crippen molar-refractivity contribution in [3.63, 3.8) is 0 Å². The maximum atomic E-state index is 12.9. The Morgan fingerprint density at radius 3 is 2.40 bits per heavy atom. The van der Waals surface area contributed by atoms with E-state index in [-0.39, 0.29) is 17.7 Å². The number of hydrogen-bond acceptors (Lipinski definition) is 5. The van der Waals surface area contributed by atoms with Gasteiger partial charge in [0.05, 0.1) is 25.3 Å². The lowest BCUT2D eigenvalue weighted by Crippen LogP contribution is -3.15. The molecule has 0 saturated carbocycles. The second kappa shape index (κ2) is 10.2. The summed E-state index contributed by atoms with van der Waals surface area (Å²) in [4.78, 5) is 27.7. The topological polar surface area (TPSA) is 72.3 Å². The summed E-state index contributed by atoms with van der Waals surface area (Å²) in [6, 6.07) is 15.3. The summed E-state index contributed by atoms with van der Waals surface area (Å²) in [6.07, 6.45) is 0. The average Bonchev–Trinajstić information content (AvgIpc) is 2.75. The fourth-order valence-electron chi connectivity index (χ4n) is 3.67. The first-order valence-electron chi connectivity index (χ1n) is 10.2. The van der Waals surface area contributed by atoms with Crippen molar-refractivity contribution in [3.8, 4) is 5.75 Å². The standard InChI is InChI=1S/C23H29N3O4/c1-17(27)30-22-7-5-4-6-20(22)23(28)24-16-21(26-12-14-29-15-13-26)18-8-10-19(11-9-18)25(2)3/h4-11,21H,12-16H2,1-3H3,(H,24,28)/p+1/t21-/m1/s1. The molecule has 7 nitrogen and oxygen atoms in total. The number of ether oxygens (including phenoxy) is 2. The molecule has 0 aromatic heterocycles. The molecule has 0 bridgehead atoms. The molecule has 0 unspecified atom stereocenters. The summed E-state index contributed by atoms with van der Waals surface area (Å²) >= 11 is 0. The Kier molecular flexibility index (Phi) is 7.43. The Labute approximate surface area is 177 Å². The van der Waals surface area contributed by atoms with E-state index in [1.807, 2.05) is 14.1 Å². The van der Waals surface area contributed by atoms with Gasteiger partial charge < -0.3 is 24.6 Å². The predicted molar refractivity (Wildman–Crippen MR) is 115 cm³/mol. The van der Waals surface area contributed by atoms with Crippen LogP contribution in [0, 0.1) is 0 Å². The van der Waals surface area contributed by atoms with E-state index in [0.29, 0.717) is 25.3 Å². The van der Waals surface area contributed by atoms with E-state index in [0.717, 1.165) is 18.8 Å². The van der Waals surface area contributed by atoms with Crippen LogP contribution in [0.2, 0.25) is 0 Å². The van der Waals surface area contributed by atoms with Crippen molar-refractivity contribution in [2.24, 2.45) is 0 Å². The van der Waals surface area contributed by atoms with Gasteiger partial charge in [0.25, 0.3) is 5.91 Å². The maximum Gasteiger partial charge on any atom is 0.308 e. The van der Waals surface area contributed by atoms with Gasteiger partial charge in [-0.2, -0.15) is 0 Å². The molecule has 0 aliphatic carbocycles. The van der Waals surface area contributed by atoms with Gasteiger partial charge in [0.15, 0.2) is 0 Å². The molecule has 1 amide bonds. The van der Waals surface area contributed by atoms with E-state index in [4.69, 9.17) is 9.47 Å². The van der Waals surface area contributed by atoms with Crippen LogP contribution in [0.25, 0.3) is 0 Å².